The van der Waals surface area contributed by atoms with E-state index in [0.717, 1.165) is 22.0 Å². The van der Waals surface area contributed by atoms with Crippen molar-refractivity contribution in [1.82, 2.24) is 34.4 Å². The Bertz CT molecular complexity index is 1500. The Labute approximate surface area is 199 Å². The van der Waals surface area contributed by atoms with Crippen LogP contribution in [0.5, 0.6) is 0 Å². The van der Waals surface area contributed by atoms with Gasteiger partial charge >= 0.3 is 0 Å². The molecule has 1 aromatic carbocycles. The van der Waals surface area contributed by atoms with Gasteiger partial charge in [-0.05, 0) is 13.0 Å². The lowest BCUT2D eigenvalue weighted by atomic mass is 10.1. The van der Waals surface area contributed by atoms with E-state index in [1.54, 1.807) is 13.1 Å². The molecule has 0 fully saturated rings. The Balaban J connectivity index is 1.34. The second-order valence-electron chi connectivity index (χ2n) is 7.79. The first-order valence-corrected chi connectivity index (χ1v) is 11.5. The molecule has 0 spiro atoms. The van der Waals surface area contributed by atoms with Gasteiger partial charge < -0.3 is 5.32 Å². The Morgan fingerprint density at radius 2 is 1.88 bits per heavy atom. The van der Waals surface area contributed by atoms with Crippen LogP contribution in [0.25, 0.3) is 17.0 Å². The molecule has 0 saturated heterocycles. The predicted molar refractivity (Wildman–Crippen MR) is 128 cm³/mol. The number of nitrogens with one attached hydrogen (secondary N) is 1. The topological polar surface area (TPSA) is 107 Å². The molecule has 1 N–H and O–H groups in total. The van der Waals surface area contributed by atoms with Gasteiger partial charge in [-0.15, -0.1) is 11.3 Å². The number of hydrogen-bond donors (Lipinski definition) is 1. The molecule has 0 aliphatic rings. The van der Waals surface area contributed by atoms with Gasteiger partial charge in [-0.1, -0.05) is 30.3 Å². The Kier molecular flexibility index (Phi) is 5.72. The highest BCUT2D eigenvalue weighted by atomic mass is 32.1. The van der Waals surface area contributed by atoms with E-state index in [0.29, 0.717) is 11.5 Å². The van der Waals surface area contributed by atoms with E-state index >= 15 is 0 Å². The molecule has 9 nitrogen and oxygen atoms in total. The normalized spacial score (nSPS) is 11.1. The summed E-state index contributed by atoms with van der Waals surface area (Å²) in [7, 11) is 1.64. The molecule has 0 atom stereocenters. The highest BCUT2D eigenvalue weighted by molar-refractivity contribution is 7.09. The molecule has 0 bridgehead atoms. The smallest absolute Gasteiger partial charge is 0.255 e. The van der Waals surface area contributed by atoms with E-state index in [1.807, 2.05) is 59.4 Å². The Hall–Kier alpha value is -4.18. The van der Waals surface area contributed by atoms with E-state index in [-0.39, 0.29) is 35.9 Å². The Morgan fingerprint density at radius 3 is 2.65 bits per heavy atom. The molecule has 34 heavy (non-hydrogen) atoms. The van der Waals surface area contributed by atoms with Crippen molar-refractivity contribution in [3.05, 3.63) is 88.0 Å². The van der Waals surface area contributed by atoms with Crippen LogP contribution in [-0.2, 0) is 20.0 Å². The third-order valence-corrected chi connectivity index (χ3v) is 6.16. The number of ketones is 1. The SMILES string of the molecule is Cc1nc(CNC(=O)c2cnn(C)c2C(=O)Cc2ccn3cc(-c4ccccc4)nc3n2)cs1. The summed E-state index contributed by atoms with van der Waals surface area (Å²) < 4.78 is 3.24. The molecule has 5 rings (SSSR count). The van der Waals surface area contributed by atoms with Crippen molar-refractivity contribution in [3.8, 4) is 11.3 Å². The van der Waals surface area contributed by atoms with Gasteiger partial charge in [-0.25, -0.2) is 15.0 Å². The van der Waals surface area contributed by atoms with Crippen molar-refractivity contribution in [2.24, 2.45) is 7.05 Å². The first-order chi connectivity index (χ1) is 16.5. The third-order valence-electron chi connectivity index (χ3n) is 5.34. The number of nitrogens with zero attached hydrogens (tertiary/aromatic N) is 6. The fraction of sp³-hybridized carbons (Fsp3) is 0.167. The minimum absolute atomic E-state index is 0.0229. The average molecular weight is 472 g/mol. The van der Waals surface area contributed by atoms with E-state index in [4.69, 9.17) is 0 Å². The Morgan fingerprint density at radius 1 is 1.06 bits per heavy atom. The molecule has 0 unspecified atom stereocenters. The molecule has 1 amide bonds. The average Bonchev–Trinajstić information content (AvgIpc) is 3.55. The lowest BCUT2D eigenvalue weighted by molar-refractivity contribution is 0.0928. The summed E-state index contributed by atoms with van der Waals surface area (Å²) >= 11 is 1.52. The number of carbonyl (C=O) groups is 2. The summed E-state index contributed by atoms with van der Waals surface area (Å²) in [6.07, 6.45) is 5.16. The zero-order valence-corrected chi connectivity index (χ0v) is 19.4. The second kappa shape index (κ2) is 8.99. The van der Waals surface area contributed by atoms with Crippen molar-refractivity contribution >= 4 is 28.8 Å². The standard InChI is InChI=1S/C24H21N7O2S/c1-15-27-18(14-34-15)11-25-23(33)19-12-26-30(2)22(19)21(32)10-17-8-9-31-13-20(29-24(31)28-17)16-6-4-3-5-7-16/h3-9,12-14H,10-11H2,1-2H3,(H,25,33). The molecule has 0 aliphatic carbocycles. The lowest BCUT2D eigenvalue weighted by Gasteiger charge is -2.06. The van der Waals surface area contributed by atoms with E-state index in [1.165, 1.54) is 22.2 Å². The summed E-state index contributed by atoms with van der Waals surface area (Å²) in [6, 6.07) is 11.6. The van der Waals surface area contributed by atoms with Crippen LogP contribution in [0, 0.1) is 6.92 Å². The number of Topliss-reactive ketones (excluding diaryl/α,β-unsaturated/α-hetero) is 1. The van der Waals surface area contributed by atoms with E-state index in [9.17, 15) is 9.59 Å². The summed E-state index contributed by atoms with van der Waals surface area (Å²) in [6.45, 7) is 2.19. The fourth-order valence-corrected chi connectivity index (χ4v) is 4.31. The number of rotatable bonds is 7. The highest BCUT2D eigenvalue weighted by Gasteiger charge is 2.23. The molecule has 10 heteroatoms. The number of imidazole rings is 1. The van der Waals surface area contributed by atoms with Crippen LogP contribution in [0.3, 0.4) is 0 Å². The van der Waals surface area contributed by atoms with Gasteiger partial charge in [0.05, 0.1) is 46.8 Å². The number of aromatic nitrogens is 6. The first-order valence-electron chi connectivity index (χ1n) is 10.6. The highest BCUT2D eigenvalue weighted by Crippen LogP contribution is 2.19. The van der Waals surface area contributed by atoms with Gasteiger partial charge in [-0.3, -0.25) is 18.7 Å². The van der Waals surface area contributed by atoms with Gasteiger partial charge in [0.25, 0.3) is 5.91 Å². The maximum Gasteiger partial charge on any atom is 0.255 e. The number of amides is 1. The summed E-state index contributed by atoms with van der Waals surface area (Å²) in [5.74, 6) is -0.113. The molecular formula is C24H21N7O2S. The maximum absolute atomic E-state index is 13.1. The third kappa shape index (κ3) is 4.35. The molecule has 0 saturated carbocycles. The van der Waals surface area contributed by atoms with Crippen molar-refractivity contribution in [3.63, 3.8) is 0 Å². The molecule has 0 radical (unpaired) electrons. The molecule has 4 aromatic heterocycles. The monoisotopic (exact) mass is 471 g/mol. The molecule has 5 aromatic rings. The number of aryl methyl sites for hydroxylation is 2. The first kappa shape index (κ1) is 21.7. The van der Waals surface area contributed by atoms with Crippen molar-refractivity contribution in [1.29, 1.82) is 0 Å². The minimum Gasteiger partial charge on any atom is -0.346 e. The van der Waals surface area contributed by atoms with Crippen molar-refractivity contribution < 1.29 is 9.59 Å². The van der Waals surface area contributed by atoms with E-state index < -0.39 is 0 Å². The lowest BCUT2D eigenvalue weighted by Crippen LogP contribution is -2.25. The van der Waals surface area contributed by atoms with Crippen LogP contribution in [0.4, 0.5) is 0 Å². The van der Waals surface area contributed by atoms with Gasteiger partial charge in [-0.2, -0.15) is 5.10 Å². The van der Waals surface area contributed by atoms with Crippen LogP contribution in [-0.4, -0.2) is 40.8 Å². The van der Waals surface area contributed by atoms with Gasteiger partial charge in [0.1, 0.15) is 5.69 Å². The van der Waals surface area contributed by atoms with Crippen LogP contribution >= 0.6 is 11.3 Å². The fourth-order valence-electron chi connectivity index (χ4n) is 3.69. The molecular weight excluding hydrogens is 450 g/mol. The van der Waals surface area contributed by atoms with Crippen LogP contribution in [0.15, 0.2) is 60.4 Å². The zero-order valence-electron chi connectivity index (χ0n) is 18.6. The van der Waals surface area contributed by atoms with Crippen LogP contribution < -0.4 is 5.32 Å². The minimum atomic E-state index is -0.369. The second-order valence-corrected chi connectivity index (χ2v) is 8.85. The molecule has 170 valence electrons. The number of carbonyl (C=O) groups excluding carboxylic acids is 2. The summed E-state index contributed by atoms with van der Waals surface area (Å²) in [5, 5.41) is 9.77. The number of benzene rings is 1. The van der Waals surface area contributed by atoms with Crippen molar-refractivity contribution in [2.45, 2.75) is 19.9 Å². The number of thiazole rings is 1. The largest absolute Gasteiger partial charge is 0.346 e. The number of hydrogen-bond acceptors (Lipinski definition) is 7. The quantitative estimate of drug-likeness (QED) is 0.365. The van der Waals surface area contributed by atoms with Gasteiger partial charge in [0.2, 0.25) is 5.78 Å². The van der Waals surface area contributed by atoms with Crippen molar-refractivity contribution in [2.75, 3.05) is 0 Å². The number of fused-ring (bicyclic) bond motifs is 1. The van der Waals surface area contributed by atoms with Crippen LogP contribution in [0.2, 0.25) is 0 Å². The van der Waals surface area contributed by atoms with Gasteiger partial charge in [0.15, 0.2) is 5.78 Å². The zero-order chi connectivity index (χ0) is 23.7. The van der Waals surface area contributed by atoms with Gasteiger partial charge in [0, 0.05) is 30.4 Å². The predicted octanol–water partition coefficient (Wildman–Crippen LogP) is 3.25. The summed E-state index contributed by atoms with van der Waals surface area (Å²) in [5.41, 5.74) is 3.60. The van der Waals surface area contributed by atoms with Crippen LogP contribution in [0.1, 0.15) is 37.2 Å². The molecule has 0 aliphatic heterocycles. The van der Waals surface area contributed by atoms with E-state index in [2.05, 4.69) is 25.4 Å². The summed E-state index contributed by atoms with van der Waals surface area (Å²) in [4.78, 5) is 39.4. The molecule has 4 heterocycles. The maximum atomic E-state index is 13.1.